The van der Waals surface area contributed by atoms with E-state index in [9.17, 15) is 14.7 Å². The minimum absolute atomic E-state index is 0.0164. The Morgan fingerprint density at radius 1 is 1.03 bits per heavy atom. The van der Waals surface area contributed by atoms with Gasteiger partial charge in [-0.3, -0.25) is 4.79 Å². The van der Waals surface area contributed by atoms with Crippen LogP contribution in [0.2, 0.25) is 0 Å². The van der Waals surface area contributed by atoms with Gasteiger partial charge in [-0.25, -0.2) is 4.79 Å². The number of ether oxygens (including phenoxy) is 2. The van der Waals surface area contributed by atoms with Crippen LogP contribution in [0.3, 0.4) is 0 Å². The fourth-order valence-electron chi connectivity index (χ4n) is 4.50. The van der Waals surface area contributed by atoms with E-state index in [-0.39, 0.29) is 25.2 Å². The predicted molar refractivity (Wildman–Crippen MR) is 108 cm³/mol. The summed E-state index contributed by atoms with van der Waals surface area (Å²) in [6.07, 6.45) is 0.337. The molecule has 0 aromatic heterocycles. The number of amides is 1. The molecule has 0 spiro atoms. The van der Waals surface area contributed by atoms with Crippen molar-refractivity contribution in [2.24, 2.45) is 5.41 Å². The lowest BCUT2D eigenvalue weighted by Crippen LogP contribution is -2.48. The predicted octanol–water partition coefficient (Wildman–Crippen LogP) is 3.75. The van der Waals surface area contributed by atoms with Crippen molar-refractivity contribution in [2.45, 2.75) is 18.8 Å². The van der Waals surface area contributed by atoms with Gasteiger partial charge in [0.15, 0.2) is 0 Å². The van der Waals surface area contributed by atoms with Gasteiger partial charge in [0.25, 0.3) is 0 Å². The molecule has 1 aliphatic carbocycles. The van der Waals surface area contributed by atoms with Crippen molar-refractivity contribution in [1.82, 2.24) is 4.90 Å². The number of likely N-dealkylation sites (tertiary alicyclic amines) is 1. The Hall–Kier alpha value is -2.86. The summed E-state index contributed by atoms with van der Waals surface area (Å²) in [4.78, 5) is 25.9. The molecule has 29 heavy (non-hydrogen) atoms. The first-order valence-corrected chi connectivity index (χ1v) is 9.88. The zero-order valence-corrected chi connectivity index (χ0v) is 16.5. The number of nitrogens with zero attached hydrogens (tertiary/aromatic N) is 1. The molecule has 1 aliphatic heterocycles. The summed E-state index contributed by atoms with van der Waals surface area (Å²) in [7, 11) is 1.50. The average molecular weight is 395 g/mol. The second kappa shape index (κ2) is 7.87. The number of carbonyl (C=O) groups is 2. The maximum atomic E-state index is 12.6. The topological polar surface area (TPSA) is 76.1 Å². The molecule has 0 radical (unpaired) electrons. The van der Waals surface area contributed by atoms with Gasteiger partial charge >= 0.3 is 12.1 Å². The molecule has 0 unspecified atom stereocenters. The number of piperidine rings is 1. The van der Waals surface area contributed by atoms with Crippen LogP contribution in [0.1, 0.15) is 29.9 Å². The molecule has 2 aromatic rings. The van der Waals surface area contributed by atoms with Crippen LogP contribution in [0.15, 0.2) is 48.5 Å². The number of carboxylic acid groups (broad SMARTS) is 1. The molecule has 1 heterocycles. The highest BCUT2D eigenvalue weighted by atomic mass is 16.6. The standard InChI is InChI=1S/C23H25NO5/c1-28-15-23(21(25)26)10-12-24(13-11-23)22(27)29-14-20-18-8-4-2-6-16(18)17-7-3-5-9-19(17)20/h2-9,20H,10-15H2,1H3,(H,25,26). The first-order valence-electron chi connectivity index (χ1n) is 9.88. The highest BCUT2D eigenvalue weighted by Crippen LogP contribution is 2.44. The Kier molecular flexibility index (Phi) is 5.28. The first kappa shape index (κ1) is 19.5. The molecular formula is C23H25NO5. The summed E-state index contributed by atoms with van der Waals surface area (Å²) in [5.74, 6) is -0.853. The van der Waals surface area contributed by atoms with E-state index in [0.717, 1.165) is 0 Å². The number of methoxy groups -OCH3 is 1. The van der Waals surface area contributed by atoms with Gasteiger partial charge in [0.1, 0.15) is 6.61 Å². The Morgan fingerprint density at radius 3 is 2.10 bits per heavy atom. The molecule has 1 saturated heterocycles. The quantitative estimate of drug-likeness (QED) is 0.834. The van der Waals surface area contributed by atoms with E-state index >= 15 is 0 Å². The number of fused-ring (bicyclic) bond motifs is 3. The van der Waals surface area contributed by atoms with Crippen LogP contribution in [0.5, 0.6) is 0 Å². The SMILES string of the molecule is COCC1(C(=O)O)CCN(C(=O)OCC2c3ccccc3-c3ccccc32)CC1. The normalized spacial score (nSPS) is 17.5. The number of benzene rings is 2. The van der Waals surface area contributed by atoms with Gasteiger partial charge in [0.2, 0.25) is 0 Å². The van der Waals surface area contributed by atoms with E-state index in [1.807, 2.05) is 24.3 Å². The summed E-state index contributed by atoms with van der Waals surface area (Å²) in [6, 6.07) is 16.4. The number of rotatable bonds is 5. The van der Waals surface area contributed by atoms with Crippen molar-refractivity contribution in [2.75, 3.05) is 33.4 Å². The fourth-order valence-corrected chi connectivity index (χ4v) is 4.50. The summed E-state index contributed by atoms with van der Waals surface area (Å²) in [5, 5.41) is 9.56. The van der Waals surface area contributed by atoms with E-state index in [4.69, 9.17) is 9.47 Å². The minimum Gasteiger partial charge on any atom is -0.481 e. The van der Waals surface area contributed by atoms with Crippen LogP contribution in [0.4, 0.5) is 4.79 Å². The highest BCUT2D eigenvalue weighted by Gasteiger charge is 2.43. The van der Waals surface area contributed by atoms with E-state index in [1.165, 1.54) is 29.4 Å². The number of carboxylic acids is 1. The molecule has 1 fully saturated rings. The van der Waals surface area contributed by atoms with Crippen LogP contribution >= 0.6 is 0 Å². The third kappa shape index (κ3) is 3.49. The molecular weight excluding hydrogens is 370 g/mol. The van der Waals surface area contributed by atoms with Gasteiger partial charge in [0.05, 0.1) is 12.0 Å². The smallest absolute Gasteiger partial charge is 0.409 e. The summed E-state index contributed by atoms with van der Waals surface area (Å²) in [5.41, 5.74) is 3.80. The van der Waals surface area contributed by atoms with Crippen LogP contribution < -0.4 is 0 Å². The number of hydrogen-bond donors (Lipinski definition) is 1. The van der Waals surface area contributed by atoms with Crippen molar-refractivity contribution >= 4 is 12.1 Å². The molecule has 6 heteroatoms. The molecule has 2 aliphatic rings. The van der Waals surface area contributed by atoms with Crippen LogP contribution in [0, 0.1) is 5.41 Å². The lowest BCUT2D eigenvalue weighted by Gasteiger charge is -2.37. The lowest BCUT2D eigenvalue weighted by molar-refractivity contribution is -0.155. The third-order valence-electron chi connectivity index (χ3n) is 6.19. The molecule has 4 rings (SSSR count). The number of carbonyl (C=O) groups excluding carboxylic acids is 1. The molecule has 152 valence electrons. The Balaban J connectivity index is 1.42. The fraction of sp³-hybridized carbons (Fsp3) is 0.391. The van der Waals surface area contributed by atoms with Crippen molar-refractivity contribution in [3.05, 3.63) is 59.7 Å². The van der Waals surface area contributed by atoms with Crippen LogP contribution in [0.25, 0.3) is 11.1 Å². The molecule has 6 nitrogen and oxygen atoms in total. The molecule has 0 bridgehead atoms. The van der Waals surface area contributed by atoms with Gasteiger partial charge in [-0.1, -0.05) is 48.5 Å². The average Bonchev–Trinajstić information content (AvgIpc) is 3.06. The molecule has 1 N–H and O–H groups in total. The van der Waals surface area contributed by atoms with Crippen LogP contribution in [-0.4, -0.2) is 55.5 Å². The largest absolute Gasteiger partial charge is 0.481 e. The van der Waals surface area contributed by atoms with E-state index < -0.39 is 11.4 Å². The Bertz CT molecular complexity index is 871. The summed E-state index contributed by atoms with van der Waals surface area (Å²) in [6.45, 7) is 1.13. The Morgan fingerprint density at radius 2 is 1.59 bits per heavy atom. The molecule has 2 aromatic carbocycles. The van der Waals surface area contributed by atoms with E-state index in [2.05, 4.69) is 24.3 Å². The van der Waals surface area contributed by atoms with E-state index in [0.29, 0.717) is 25.9 Å². The van der Waals surface area contributed by atoms with Crippen molar-refractivity contribution < 1.29 is 24.2 Å². The second-order valence-electron chi connectivity index (χ2n) is 7.81. The molecule has 0 saturated carbocycles. The van der Waals surface area contributed by atoms with Gasteiger partial charge in [-0.05, 0) is 35.1 Å². The maximum absolute atomic E-state index is 12.6. The van der Waals surface area contributed by atoms with Crippen LogP contribution in [-0.2, 0) is 14.3 Å². The van der Waals surface area contributed by atoms with Crippen molar-refractivity contribution in [3.8, 4) is 11.1 Å². The molecule has 0 atom stereocenters. The third-order valence-corrected chi connectivity index (χ3v) is 6.19. The maximum Gasteiger partial charge on any atom is 0.409 e. The van der Waals surface area contributed by atoms with Gasteiger partial charge in [0, 0.05) is 26.1 Å². The minimum atomic E-state index is -0.922. The van der Waals surface area contributed by atoms with Gasteiger partial charge in [-0.2, -0.15) is 0 Å². The zero-order valence-electron chi connectivity index (χ0n) is 16.5. The lowest BCUT2D eigenvalue weighted by atomic mass is 9.79. The monoisotopic (exact) mass is 395 g/mol. The second-order valence-corrected chi connectivity index (χ2v) is 7.81. The van der Waals surface area contributed by atoms with Crippen molar-refractivity contribution in [1.29, 1.82) is 0 Å². The van der Waals surface area contributed by atoms with Gasteiger partial charge in [-0.15, -0.1) is 0 Å². The van der Waals surface area contributed by atoms with Gasteiger partial charge < -0.3 is 19.5 Å². The first-order chi connectivity index (χ1) is 14.1. The molecule has 1 amide bonds. The number of aliphatic carboxylic acids is 1. The Labute approximate surface area is 170 Å². The highest BCUT2D eigenvalue weighted by molar-refractivity contribution is 5.79. The summed E-state index contributed by atoms with van der Waals surface area (Å²) < 4.78 is 10.8. The summed E-state index contributed by atoms with van der Waals surface area (Å²) >= 11 is 0. The number of hydrogen-bond acceptors (Lipinski definition) is 4. The zero-order chi connectivity index (χ0) is 20.4. The van der Waals surface area contributed by atoms with E-state index in [1.54, 1.807) is 4.90 Å². The van der Waals surface area contributed by atoms with Crippen molar-refractivity contribution in [3.63, 3.8) is 0 Å².